The van der Waals surface area contributed by atoms with Gasteiger partial charge in [-0.2, -0.15) is 13.5 Å². The van der Waals surface area contributed by atoms with Crippen molar-refractivity contribution < 1.29 is 41.6 Å². The number of benzene rings is 3. The van der Waals surface area contributed by atoms with Gasteiger partial charge in [-0.05, 0) is 68.7 Å². The fourth-order valence-electron chi connectivity index (χ4n) is 7.67. The van der Waals surface area contributed by atoms with Crippen molar-refractivity contribution in [1.29, 1.82) is 0 Å². The smallest absolute Gasteiger partial charge is 0.275 e. The van der Waals surface area contributed by atoms with Gasteiger partial charge < -0.3 is 35.5 Å². The highest BCUT2D eigenvalue weighted by Gasteiger charge is 2.39. The number of hydrogen-bond acceptors (Lipinski definition) is 11. The van der Waals surface area contributed by atoms with E-state index < -0.39 is 33.4 Å². The molecule has 19 heteroatoms. The SMILES string of the molecule is COc1cc2c(cc1-c1cccc(NC(=O)CN3CCC(NC(=O)[C@@H](N)CS(=O)(=O)O)CC3)c1)-c1c(c(C(=O)N3CCOCC3(C)C)nn1-c1cc(Cl)cc(Cl)c1)CO2. The van der Waals surface area contributed by atoms with Crippen LogP contribution in [0, 0.1) is 0 Å². The quantitative estimate of drug-likeness (QED) is 0.155. The van der Waals surface area contributed by atoms with E-state index in [-0.39, 0.29) is 36.7 Å². The number of carbonyl (C=O) groups is 3. The molecule has 0 unspecified atom stereocenters. The third kappa shape index (κ3) is 9.51. The Balaban J connectivity index is 1.13. The maximum absolute atomic E-state index is 14.3. The molecule has 0 aliphatic carbocycles. The molecule has 7 rings (SSSR count). The monoisotopic (exact) mass is 869 g/mol. The molecule has 16 nitrogen and oxygen atoms in total. The summed E-state index contributed by atoms with van der Waals surface area (Å²) in [6.07, 6.45) is 1.06. The van der Waals surface area contributed by atoms with Crippen LogP contribution >= 0.6 is 23.2 Å². The second-order valence-corrected chi connectivity index (χ2v) is 17.8. The summed E-state index contributed by atoms with van der Waals surface area (Å²) < 4.78 is 50.7. The Morgan fingerprint density at radius 2 is 1.78 bits per heavy atom. The van der Waals surface area contributed by atoms with E-state index >= 15 is 0 Å². The third-order valence-corrected chi connectivity index (χ3v) is 11.8. The number of nitrogens with two attached hydrogens (primary N) is 1. The molecule has 3 amide bonds. The van der Waals surface area contributed by atoms with Gasteiger partial charge in [0, 0.05) is 64.2 Å². The minimum absolute atomic E-state index is 0.0734. The molecule has 0 spiro atoms. The van der Waals surface area contributed by atoms with Gasteiger partial charge in [-0.3, -0.25) is 23.8 Å². The Morgan fingerprint density at radius 1 is 1.05 bits per heavy atom. The molecule has 2 saturated heterocycles. The number of morpholine rings is 1. The lowest BCUT2D eigenvalue weighted by Gasteiger charge is -2.41. The molecule has 0 radical (unpaired) electrons. The number of amides is 3. The number of piperidine rings is 1. The van der Waals surface area contributed by atoms with E-state index in [4.69, 9.17) is 52.8 Å². The molecule has 0 bridgehead atoms. The van der Waals surface area contributed by atoms with Crippen molar-refractivity contribution in [3.63, 3.8) is 0 Å². The predicted molar refractivity (Wildman–Crippen MR) is 222 cm³/mol. The number of ether oxygens (including phenoxy) is 3. The van der Waals surface area contributed by atoms with E-state index in [9.17, 15) is 22.8 Å². The number of rotatable bonds is 11. The summed E-state index contributed by atoms with van der Waals surface area (Å²) in [5, 5.41) is 11.4. The minimum Gasteiger partial charge on any atom is -0.496 e. The number of halogens is 2. The number of carbonyl (C=O) groups excluding carboxylic acids is 3. The molecule has 1 atom stereocenters. The lowest BCUT2D eigenvalue weighted by atomic mass is 9.95. The zero-order chi connectivity index (χ0) is 42.2. The van der Waals surface area contributed by atoms with E-state index in [0.717, 1.165) is 5.56 Å². The second-order valence-electron chi connectivity index (χ2n) is 15.4. The molecule has 314 valence electrons. The first-order valence-corrected chi connectivity index (χ1v) is 21.3. The van der Waals surface area contributed by atoms with Crippen LogP contribution in [0.15, 0.2) is 54.6 Å². The Hall–Kier alpha value is -4.75. The highest BCUT2D eigenvalue weighted by atomic mass is 35.5. The number of methoxy groups -OCH3 is 1. The molecule has 1 aromatic heterocycles. The van der Waals surface area contributed by atoms with Crippen LogP contribution in [0.5, 0.6) is 11.5 Å². The van der Waals surface area contributed by atoms with Crippen molar-refractivity contribution in [3.8, 4) is 39.6 Å². The first-order valence-electron chi connectivity index (χ1n) is 19.0. The lowest BCUT2D eigenvalue weighted by Crippen LogP contribution is -2.55. The third-order valence-electron chi connectivity index (χ3n) is 10.6. The highest BCUT2D eigenvalue weighted by Crippen LogP contribution is 2.47. The summed E-state index contributed by atoms with van der Waals surface area (Å²) in [6, 6.07) is 14.5. The standard InChI is InChI=1S/C40H45Cl2N7O9S/c1-40(2)22-57-12-11-48(40)39(52)36-31-20-58-34-18-33(56-3)29(17-30(34)37(31)49(46-36)28-15-24(41)14-25(42)16-28)23-5-4-6-27(13-23)44-35(50)19-47-9-7-26(8-10-47)45-38(51)32(43)21-59(53,54)55/h4-6,13-18,26,32H,7-12,19-22,43H2,1-3H3,(H,44,50)(H,45,51)(H,53,54,55)/t32-/m0/s1. The fraction of sp³-hybridized carbons (Fsp3) is 0.400. The van der Waals surface area contributed by atoms with Crippen molar-refractivity contribution in [2.45, 2.75) is 50.9 Å². The number of hydrogen-bond donors (Lipinski definition) is 4. The number of aromatic nitrogens is 2. The molecule has 59 heavy (non-hydrogen) atoms. The van der Waals surface area contributed by atoms with Crippen molar-refractivity contribution in [2.24, 2.45) is 5.73 Å². The topological polar surface area (TPSA) is 208 Å². The highest BCUT2D eigenvalue weighted by molar-refractivity contribution is 7.85. The molecular weight excluding hydrogens is 825 g/mol. The van der Waals surface area contributed by atoms with E-state index in [1.165, 1.54) is 0 Å². The molecule has 4 aromatic rings. The van der Waals surface area contributed by atoms with E-state index in [1.54, 1.807) is 47.0 Å². The maximum Gasteiger partial charge on any atom is 0.275 e. The zero-order valence-corrected chi connectivity index (χ0v) is 35.0. The van der Waals surface area contributed by atoms with Gasteiger partial charge in [-0.25, -0.2) is 4.68 Å². The van der Waals surface area contributed by atoms with Crippen molar-refractivity contribution >= 4 is 56.7 Å². The van der Waals surface area contributed by atoms with Gasteiger partial charge in [0.2, 0.25) is 11.8 Å². The summed E-state index contributed by atoms with van der Waals surface area (Å²) in [4.78, 5) is 43.6. The summed E-state index contributed by atoms with van der Waals surface area (Å²) in [7, 11) is -2.83. The normalized spacial score (nSPS) is 17.3. The lowest BCUT2D eigenvalue weighted by molar-refractivity contribution is -0.123. The minimum atomic E-state index is -4.39. The van der Waals surface area contributed by atoms with Crippen LogP contribution in [0.4, 0.5) is 5.69 Å². The van der Waals surface area contributed by atoms with Crippen LogP contribution in [-0.4, -0.2) is 120 Å². The van der Waals surface area contributed by atoms with Crippen LogP contribution in [-0.2, 0) is 31.1 Å². The average Bonchev–Trinajstić information content (AvgIpc) is 3.57. The predicted octanol–water partition coefficient (Wildman–Crippen LogP) is 4.40. The number of fused-ring (bicyclic) bond motifs is 3. The van der Waals surface area contributed by atoms with E-state index in [0.29, 0.717) is 101 Å². The second kappa shape index (κ2) is 17.1. The zero-order valence-electron chi connectivity index (χ0n) is 32.7. The Bertz CT molecular complexity index is 2380. The molecule has 3 aliphatic rings. The first-order chi connectivity index (χ1) is 28.0. The van der Waals surface area contributed by atoms with Crippen LogP contribution in [0.1, 0.15) is 42.7 Å². The maximum atomic E-state index is 14.3. The summed E-state index contributed by atoms with van der Waals surface area (Å²) in [5.41, 5.74) is 9.73. The number of anilines is 1. The molecule has 5 N–H and O–H groups in total. The van der Waals surface area contributed by atoms with Crippen LogP contribution in [0.25, 0.3) is 28.1 Å². The van der Waals surface area contributed by atoms with Crippen molar-refractivity contribution in [2.75, 3.05) is 57.6 Å². The van der Waals surface area contributed by atoms with Crippen molar-refractivity contribution in [3.05, 3.63) is 75.9 Å². The van der Waals surface area contributed by atoms with Gasteiger partial charge in [0.05, 0.1) is 49.5 Å². The van der Waals surface area contributed by atoms with Gasteiger partial charge in [-0.15, -0.1) is 0 Å². The number of likely N-dealkylation sites (tertiary alicyclic amines) is 1. The Morgan fingerprint density at radius 3 is 2.46 bits per heavy atom. The molecule has 3 aliphatic heterocycles. The number of nitrogens with one attached hydrogen (secondary N) is 2. The van der Waals surface area contributed by atoms with Gasteiger partial charge in [0.25, 0.3) is 16.0 Å². The summed E-state index contributed by atoms with van der Waals surface area (Å²) >= 11 is 13.0. The molecule has 3 aromatic carbocycles. The molecule has 2 fully saturated rings. The molecule has 4 heterocycles. The van der Waals surface area contributed by atoms with Gasteiger partial charge in [0.1, 0.15) is 24.1 Å². The van der Waals surface area contributed by atoms with Gasteiger partial charge in [-0.1, -0.05) is 35.3 Å². The Kier molecular flexibility index (Phi) is 12.3. The summed E-state index contributed by atoms with van der Waals surface area (Å²) in [5.74, 6) is -0.970. The molecule has 0 saturated carbocycles. The van der Waals surface area contributed by atoms with Crippen molar-refractivity contribution in [1.82, 2.24) is 24.9 Å². The molecular formula is C40H45Cl2N7O9S. The fourth-order valence-corrected chi connectivity index (χ4v) is 8.79. The summed E-state index contributed by atoms with van der Waals surface area (Å²) in [6.45, 7) is 6.31. The van der Waals surface area contributed by atoms with Gasteiger partial charge >= 0.3 is 0 Å². The van der Waals surface area contributed by atoms with Crippen LogP contribution < -0.4 is 25.8 Å². The van der Waals surface area contributed by atoms with E-state index in [2.05, 4.69) is 10.6 Å². The average molecular weight is 871 g/mol. The van der Waals surface area contributed by atoms with Crippen LogP contribution in [0.2, 0.25) is 10.0 Å². The van der Waals surface area contributed by atoms with Crippen LogP contribution in [0.3, 0.4) is 0 Å². The largest absolute Gasteiger partial charge is 0.496 e. The van der Waals surface area contributed by atoms with E-state index in [1.807, 2.05) is 43.0 Å². The van der Waals surface area contributed by atoms with Gasteiger partial charge in [0.15, 0.2) is 5.69 Å². The number of nitrogens with zero attached hydrogens (tertiary/aromatic N) is 4. The Labute approximate surface area is 351 Å². The first kappa shape index (κ1) is 42.4.